The van der Waals surface area contributed by atoms with Crippen LogP contribution in [0.5, 0.6) is 0 Å². The predicted octanol–water partition coefficient (Wildman–Crippen LogP) is 1.95. The highest BCUT2D eigenvalue weighted by molar-refractivity contribution is 14.0. The Morgan fingerprint density at radius 2 is 1.90 bits per heavy atom. The van der Waals surface area contributed by atoms with Gasteiger partial charge in [0, 0.05) is 34.2 Å². The van der Waals surface area contributed by atoms with Crippen molar-refractivity contribution in [3.05, 3.63) is 12.2 Å². The average molecular weight is 396 g/mol. The molecular formula is C14H29IN4O. The number of unbranched alkanes of at least 4 members (excludes halogenated alkanes) is 1. The summed E-state index contributed by atoms with van der Waals surface area (Å²) in [6, 6.07) is 0. The summed E-state index contributed by atoms with van der Waals surface area (Å²) in [7, 11) is 5.42. The molecule has 0 aliphatic carbocycles. The second-order valence-corrected chi connectivity index (χ2v) is 5.02. The molecule has 0 saturated heterocycles. The van der Waals surface area contributed by atoms with Crippen LogP contribution in [0.3, 0.4) is 0 Å². The van der Waals surface area contributed by atoms with Gasteiger partial charge in [0.15, 0.2) is 5.96 Å². The molecule has 0 bridgehead atoms. The van der Waals surface area contributed by atoms with Gasteiger partial charge in [-0.3, -0.25) is 4.79 Å². The highest BCUT2D eigenvalue weighted by atomic mass is 127. The molecule has 0 aromatic carbocycles. The van der Waals surface area contributed by atoms with Gasteiger partial charge >= 0.3 is 0 Å². The fourth-order valence-electron chi connectivity index (χ4n) is 1.45. The van der Waals surface area contributed by atoms with Crippen LogP contribution in [-0.2, 0) is 4.79 Å². The maximum atomic E-state index is 11.6. The number of likely N-dealkylation sites (N-methyl/N-ethyl adjacent to an activating group) is 2. The van der Waals surface area contributed by atoms with Crippen LogP contribution in [0.25, 0.3) is 0 Å². The topological polar surface area (TPSA) is 47.9 Å². The minimum atomic E-state index is -0.00137. The molecule has 118 valence electrons. The molecule has 0 atom stereocenters. The van der Waals surface area contributed by atoms with Crippen molar-refractivity contribution < 1.29 is 4.79 Å². The number of carbonyl (C=O) groups is 1. The van der Waals surface area contributed by atoms with Gasteiger partial charge in [-0.1, -0.05) is 25.5 Å². The minimum Gasteiger partial charge on any atom is -0.356 e. The van der Waals surface area contributed by atoms with E-state index in [0.717, 1.165) is 37.5 Å². The first-order valence-electron chi connectivity index (χ1n) is 6.72. The number of hydrogen-bond acceptors (Lipinski definition) is 2. The molecule has 0 unspecified atom stereocenters. The lowest BCUT2D eigenvalue weighted by molar-refractivity contribution is -0.127. The van der Waals surface area contributed by atoms with Crippen LogP contribution in [0.2, 0.25) is 0 Å². The Hall–Kier alpha value is -0.790. The number of amides is 1. The van der Waals surface area contributed by atoms with E-state index in [9.17, 15) is 4.79 Å². The first-order valence-corrected chi connectivity index (χ1v) is 6.72. The largest absolute Gasteiger partial charge is 0.356 e. The first-order chi connectivity index (χ1) is 8.88. The summed E-state index contributed by atoms with van der Waals surface area (Å²) in [5.41, 5.74) is 1.06. The summed E-state index contributed by atoms with van der Waals surface area (Å²) in [6.07, 6.45) is 2.21. The number of guanidine groups is 1. The smallest absolute Gasteiger partial charge is 0.243 e. The van der Waals surface area contributed by atoms with E-state index >= 15 is 0 Å². The Labute approximate surface area is 140 Å². The van der Waals surface area contributed by atoms with Gasteiger partial charge < -0.3 is 15.1 Å². The fourth-order valence-corrected chi connectivity index (χ4v) is 1.45. The molecule has 0 heterocycles. The first kappa shape index (κ1) is 21.5. The van der Waals surface area contributed by atoms with Gasteiger partial charge in [-0.2, -0.15) is 0 Å². The van der Waals surface area contributed by atoms with Crippen molar-refractivity contribution in [2.24, 2.45) is 4.99 Å². The van der Waals surface area contributed by atoms with Gasteiger partial charge in [0.25, 0.3) is 0 Å². The van der Waals surface area contributed by atoms with Gasteiger partial charge in [-0.25, -0.2) is 4.99 Å². The Morgan fingerprint density at radius 3 is 2.35 bits per heavy atom. The van der Waals surface area contributed by atoms with Crippen LogP contribution in [0.15, 0.2) is 17.1 Å². The van der Waals surface area contributed by atoms with Crippen LogP contribution in [-0.4, -0.2) is 62.4 Å². The molecular weight excluding hydrogens is 367 g/mol. The number of rotatable bonds is 7. The molecule has 0 fully saturated rings. The van der Waals surface area contributed by atoms with Crippen molar-refractivity contribution in [2.45, 2.75) is 26.7 Å². The third-order valence-electron chi connectivity index (χ3n) is 2.54. The van der Waals surface area contributed by atoms with E-state index < -0.39 is 0 Å². The van der Waals surface area contributed by atoms with E-state index in [0.29, 0.717) is 0 Å². The van der Waals surface area contributed by atoms with Gasteiger partial charge in [0.05, 0.1) is 0 Å². The molecule has 0 spiro atoms. The maximum Gasteiger partial charge on any atom is 0.243 e. The highest BCUT2D eigenvalue weighted by Crippen LogP contribution is 1.95. The Balaban J connectivity index is 0. The van der Waals surface area contributed by atoms with Crippen LogP contribution < -0.4 is 5.32 Å². The summed E-state index contributed by atoms with van der Waals surface area (Å²) in [4.78, 5) is 19.5. The van der Waals surface area contributed by atoms with Gasteiger partial charge in [0.1, 0.15) is 6.54 Å². The van der Waals surface area contributed by atoms with E-state index in [1.165, 1.54) is 0 Å². The van der Waals surface area contributed by atoms with Gasteiger partial charge in [0.2, 0.25) is 5.91 Å². The van der Waals surface area contributed by atoms with E-state index in [4.69, 9.17) is 0 Å². The molecule has 6 heteroatoms. The number of carbonyl (C=O) groups excluding carboxylic acids is 1. The predicted molar refractivity (Wildman–Crippen MR) is 96.8 cm³/mol. The lowest BCUT2D eigenvalue weighted by Crippen LogP contribution is -2.41. The molecule has 1 amide bonds. The van der Waals surface area contributed by atoms with Gasteiger partial charge in [-0.15, -0.1) is 24.0 Å². The van der Waals surface area contributed by atoms with Crippen molar-refractivity contribution in [3.63, 3.8) is 0 Å². The molecule has 0 saturated carbocycles. The zero-order valence-electron chi connectivity index (χ0n) is 13.4. The molecule has 20 heavy (non-hydrogen) atoms. The van der Waals surface area contributed by atoms with Crippen molar-refractivity contribution in [1.82, 2.24) is 15.1 Å². The van der Waals surface area contributed by atoms with Crippen molar-refractivity contribution >= 4 is 35.8 Å². The molecule has 0 aliphatic rings. The van der Waals surface area contributed by atoms with E-state index in [1.54, 1.807) is 19.0 Å². The molecule has 0 aromatic rings. The molecule has 0 rings (SSSR count). The number of hydrogen-bond donors (Lipinski definition) is 1. The second-order valence-electron chi connectivity index (χ2n) is 5.02. The SMILES string of the molecule is C=C(C)CN(C)C(=NCC(=O)N(C)C)NCCCC.I. The molecule has 5 nitrogen and oxygen atoms in total. The summed E-state index contributed by atoms with van der Waals surface area (Å²) in [5, 5.41) is 3.28. The lowest BCUT2D eigenvalue weighted by Gasteiger charge is -2.22. The summed E-state index contributed by atoms with van der Waals surface area (Å²) >= 11 is 0. The molecule has 0 aromatic heterocycles. The second kappa shape index (κ2) is 12.0. The van der Waals surface area contributed by atoms with Crippen LogP contribution >= 0.6 is 24.0 Å². The maximum absolute atomic E-state index is 11.6. The van der Waals surface area contributed by atoms with Crippen molar-refractivity contribution in [2.75, 3.05) is 40.8 Å². The van der Waals surface area contributed by atoms with Crippen LogP contribution in [0.1, 0.15) is 26.7 Å². The Kier molecular flexibility index (Phi) is 12.9. The summed E-state index contributed by atoms with van der Waals surface area (Å²) in [6.45, 7) is 9.79. The zero-order chi connectivity index (χ0) is 14.8. The normalized spacial score (nSPS) is 10.6. The minimum absolute atomic E-state index is 0. The number of nitrogens with zero attached hydrogens (tertiary/aromatic N) is 3. The standard InChI is InChI=1S/C14H28N4O.HI/c1-7-8-9-15-14(18(6)11-12(2)3)16-10-13(19)17(4)5;/h2,7-11H2,1,3-6H3,(H,15,16);1H. The number of aliphatic imine (C=N–C) groups is 1. The lowest BCUT2D eigenvalue weighted by atomic mass is 10.3. The van der Waals surface area contributed by atoms with Crippen molar-refractivity contribution in [3.8, 4) is 0 Å². The third-order valence-corrected chi connectivity index (χ3v) is 2.54. The Morgan fingerprint density at radius 1 is 1.30 bits per heavy atom. The van der Waals surface area contributed by atoms with Crippen molar-refractivity contribution in [1.29, 1.82) is 0 Å². The zero-order valence-corrected chi connectivity index (χ0v) is 15.7. The van der Waals surface area contributed by atoms with Gasteiger partial charge in [-0.05, 0) is 13.3 Å². The summed E-state index contributed by atoms with van der Waals surface area (Å²) < 4.78 is 0. The van der Waals surface area contributed by atoms with E-state index in [2.05, 4.69) is 23.8 Å². The van der Waals surface area contributed by atoms with Crippen LogP contribution in [0.4, 0.5) is 0 Å². The summed E-state index contributed by atoms with van der Waals surface area (Å²) in [5.74, 6) is 0.755. The third kappa shape index (κ3) is 10.1. The highest BCUT2D eigenvalue weighted by Gasteiger charge is 2.08. The van der Waals surface area contributed by atoms with E-state index in [-0.39, 0.29) is 36.4 Å². The number of nitrogens with one attached hydrogen (secondary N) is 1. The fraction of sp³-hybridized carbons (Fsp3) is 0.714. The number of halogens is 1. The molecule has 1 N–H and O–H groups in total. The quantitative estimate of drug-likeness (QED) is 0.235. The monoisotopic (exact) mass is 396 g/mol. The molecule has 0 radical (unpaired) electrons. The Bertz CT molecular complexity index is 329. The van der Waals surface area contributed by atoms with E-state index in [1.807, 2.05) is 18.9 Å². The van der Waals surface area contributed by atoms with Crippen LogP contribution in [0, 0.1) is 0 Å². The average Bonchev–Trinajstić information content (AvgIpc) is 2.31. The molecule has 0 aliphatic heterocycles.